The van der Waals surface area contributed by atoms with Gasteiger partial charge in [-0.15, -0.1) is 0 Å². The molecule has 0 spiro atoms. The van der Waals surface area contributed by atoms with E-state index in [9.17, 15) is 14.7 Å². The number of ether oxygens (including phenoxy) is 2. The molecule has 0 aliphatic carbocycles. The molecule has 2 aromatic carbocycles. The smallest absolute Gasteiger partial charge is 0.335 e. The van der Waals surface area contributed by atoms with Gasteiger partial charge in [-0.3, -0.25) is 4.79 Å². The second-order valence-corrected chi connectivity index (χ2v) is 7.50. The number of fused-ring (bicyclic) bond motifs is 1. The van der Waals surface area contributed by atoms with Crippen LogP contribution in [-0.4, -0.2) is 35.7 Å². The molecule has 28 heavy (non-hydrogen) atoms. The number of carbonyl (C=O) groups excluding carboxylic acids is 1. The number of nitrogens with zero attached hydrogens (tertiary/aromatic N) is 1. The minimum Gasteiger partial charge on any atom is -0.494 e. The summed E-state index contributed by atoms with van der Waals surface area (Å²) in [5.41, 5.74) is -0.397. The average molecular weight is 404 g/mol. The van der Waals surface area contributed by atoms with Crippen molar-refractivity contribution in [3.05, 3.63) is 53.1 Å². The van der Waals surface area contributed by atoms with Crippen LogP contribution in [0.25, 0.3) is 0 Å². The first kappa shape index (κ1) is 20.0. The number of carboxylic acid groups (broad SMARTS) is 1. The van der Waals surface area contributed by atoms with Gasteiger partial charge in [0.2, 0.25) is 0 Å². The minimum atomic E-state index is -1.05. The first-order valence-corrected chi connectivity index (χ1v) is 9.42. The number of anilines is 1. The zero-order valence-corrected chi connectivity index (χ0v) is 16.5. The van der Waals surface area contributed by atoms with Gasteiger partial charge in [-0.05, 0) is 69.2 Å². The van der Waals surface area contributed by atoms with Crippen LogP contribution in [0.3, 0.4) is 0 Å². The minimum absolute atomic E-state index is 0.117. The number of aromatic carboxylic acids is 1. The fraction of sp³-hybridized carbons (Fsp3) is 0.333. The Balaban J connectivity index is 1.65. The molecule has 0 saturated heterocycles. The third-order valence-corrected chi connectivity index (χ3v) is 4.73. The fourth-order valence-electron chi connectivity index (χ4n) is 3.02. The summed E-state index contributed by atoms with van der Waals surface area (Å²) >= 11 is 5.85. The standard InChI is InChI=1S/C21H22ClNO5/c1-21(2)20(26)23(17-13-14(19(24)25)5-10-18(17)28-21)11-3-4-12-27-16-8-6-15(22)7-9-16/h5-10,13H,3-4,11-12H2,1-2H3,(H,24,25). The van der Waals surface area contributed by atoms with E-state index in [1.807, 2.05) is 0 Å². The molecule has 0 fully saturated rings. The number of benzene rings is 2. The van der Waals surface area contributed by atoms with Crippen molar-refractivity contribution in [3.8, 4) is 11.5 Å². The highest BCUT2D eigenvalue weighted by atomic mass is 35.5. The SMILES string of the molecule is CC1(C)Oc2ccc(C(=O)O)cc2N(CCCCOc2ccc(Cl)cc2)C1=O. The molecule has 1 aliphatic rings. The number of hydrogen-bond donors (Lipinski definition) is 1. The lowest BCUT2D eigenvalue weighted by Crippen LogP contribution is -2.52. The molecule has 1 amide bonds. The Morgan fingerprint density at radius 3 is 2.57 bits per heavy atom. The molecule has 0 aromatic heterocycles. The normalized spacial score (nSPS) is 15.0. The Labute approximate surface area is 168 Å². The number of amides is 1. The summed E-state index contributed by atoms with van der Waals surface area (Å²) in [7, 11) is 0. The van der Waals surface area contributed by atoms with Crippen molar-refractivity contribution in [1.82, 2.24) is 0 Å². The van der Waals surface area contributed by atoms with E-state index in [1.165, 1.54) is 12.1 Å². The van der Waals surface area contributed by atoms with Crippen LogP contribution >= 0.6 is 11.6 Å². The summed E-state index contributed by atoms with van der Waals surface area (Å²) in [5, 5.41) is 9.90. The fourth-order valence-corrected chi connectivity index (χ4v) is 3.14. The van der Waals surface area contributed by atoms with Gasteiger partial charge in [0.15, 0.2) is 5.60 Å². The maximum atomic E-state index is 12.8. The molecule has 0 radical (unpaired) electrons. The van der Waals surface area contributed by atoms with Crippen LogP contribution in [0.4, 0.5) is 5.69 Å². The Bertz CT molecular complexity index is 879. The molecule has 1 N–H and O–H groups in total. The molecule has 148 valence electrons. The van der Waals surface area contributed by atoms with Crippen LogP contribution in [0.2, 0.25) is 5.02 Å². The summed E-state index contributed by atoms with van der Waals surface area (Å²) in [6, 6.07) is 11.7. The van der Waals surface area contributed by atoms with Gasteiger partial charge in [0.1, 0.15) is 11.5 Å². The molecule has 0 atom stereocenters. The van der Waals surface area contributed by atoms with E-state index in [2.05, 4.69) is 0 Å². The number of carboxylic acids is 1. The molecule has 0 saturated carbocycles. The van der Waals surface area contributed by atoms with Crippen LogP contribution < -0.4 is 14.4 Å². The van der Waals surface area contributed by atoms with E-state index >= 15 is 0 Å². The summed E-state index contributed by atoms with van der Waals surface area (Å²) < 4.78 is 11.4. The topological polar surface area (TPSA) is 76.1 Å². The van der Waals surface area contributed by atoms with Crippen LogP contribution in [0.1, 0.15) is 37.0 Å². The second-order valence-electron chi connectivity index (χ2n) is 7.07. The molecule has 2 aromatic rings. The number of halogens is 1. The molecular formula is C21H22ClNO5. The highest BCUT2D eigenvalue weighted by Gasteiger charge is 2.40. The molecule has 0 bridgehead atoms. The van der Waals surface area contributed by atoms with Gasteiger partial charge in [0, 0.05) is 11.6 Å². The maximum absolute atomic E-state index is 12.8. The number of unbranched alkanes of at least 4 members (excludes halogenated alkanes) is 1. The molecule has 7 heteroatoms. The second kappa shape index (κ2) is 8.10. The average Bonchev–Trinajstić information content (AvgIpc) is 2.65. The van der Waals surface area contributed by atoms with Crippen molar-refractivity contribution in [2.24, 2.45) is 0 Å². The Morgan fingerprint density at radius 2 is 1.89 bits per heavy atom. The van der Waals surface area contributed by atoms with Gasteiger partial charge < -0.3 is 19.5 Å². The zero-order valence-electron chi connectivity index (χ0n) is 15.8. The Morgan fingerprint density at radius 1 is 1.18 bits per heavy atom. The van der Waals surface area contributed by atoms with Gasteiger partial charge >= 0.3 is 5.97 Å². The lowest BCUT2D eigenvalue weighted by atomic mass is 10.0. The van der Waals surface area contributed by atoms with E-state index in [0.717, 1.165) is 12.2 Å². The third-order valence-electron chi connectivity index (χ3n) is 4.48. The van der Waals surface area contributed by atoms with E-state index < -0.39 is 11.6 Å². The van der Waals surface area contributed by atoms with E-state index in [0.29, 0.717) is 36.0 Å². The van der Waals surface area contributed by atoms with Crippen LogP contribution in [0.15, 0.2) is 42.5 Å². The third kappa shape index (κ3) is 4.39. The first-order chi connectivity index (χ1) is 13.3. The molecule has 1 aliphatic heterocycles. The number of rotatable bonds is 7. The van der Waals surface area contributed by atoms with Crippen LogP contribution in [-0.2, 0) is 4.79 Å². The van der Waals surface area contributed by atoms with Crippen LogP contribution in [0, 0.1) is 0 Å². The summed E-state index contributed by atoms with van der Waals surface area (Å²) in [6.07, 6.45) is 1.44. The van der Waals surface area contributed by atoms with Crippen molar-refractivity contribution in [2.75, 3.05) is 18.1 Å². The highest BCUT2D eigenvalue weighted by molar-refractivity contribution is 6.30. The predicted octanol–water partition coefficient (Wildman–Crippen LogP) is 4.40. The van der Waals surface area contributed by atoms with Gasteiger partial charge in [-0.1, -0.05) is 11.6 Å². The lowest BCUT2D eigenvalue weighted by molar-refractivity contribution is -0.132. The van der Waals surface area contributed by atoms with E-state index in [4.69, 9.17) is 21.1 Å². The molecule has 0 unspecified atom stereocenters. The van der Waals surface area contributed by atoms with Gasteiger partial charge in [-0.25, -0.2) is 4.79 Å². The number of hydrogen-bond acceptors (Lipinski definition) is 4. The van der Waals surface area contributed by atoms with Gasteiger partial charge in [0.05, 0.1) is 17.9 Å². The lowest BCUT2D eigenvalue weighted by Gasteiger charge is -2.39. The van der Waals surface area contributed by atoms with Crippen molar-refractivity contribution < 1.29 is 24.2 Å². The predicted molar refractivity (Wildman–Crippen MR) is 107 cm³/mol. The Hall–Kier alpha value is -2.73. The van der Waals surface area contributed by atoms with Crippen molar-refractivity contribution in [2.45, 2.75) is 32.3 Å². The monoisotopic (exact) mass is 403 g/mol. The summed E-state index contributed by atoms with van der Waals surface area (Å²) in [5.74, 6) is 0.00833. The zero-order chi connectivity index (χ0) is 20.3. The van der Waals surface area contributed by atoms with Crippen molar-refractivity contribution >= 4 is 29.2 Å². The van der Waals surface area contributed by atoms with Gasteiger partial charge in [0.25, 0.3) is 5.91 Å². The van der Waals surface area contributed by atoms with Gasteiger partial charge in [-0.2, -0.15) is 0 Å². The molecular weight excluding hydrogens is 382 g/mol. The summed E-state index contributed by atoms with van der Waals surface area (Å²) in [6.45, 7) is 4.37. The van der Waals surface area contributed by atoms with Crippen LogP contribution in [0.5, 0.6) is 11.5 Å². The van der Waals surface area contributed by atoms with E-state index in [-0.39, 0.29) is 11.5 Å². The summed E-state index contributed by atoms with van der Waals surface area (Å²) in [4.78, 5) is 25.7. The first-order valence-electron chi connectivity index (χ1n) is 9.04. The molecule has 6 nitrogen and oxygen atoms in total. The highest BCUT2D eigenvalue weighted by Crippen LogP contribution is 2.38. The number of carbonyl (C=O) groups is 2. The van der Waals surface area contributed by atoms with Crippen molar-refractivity contribution in [3.63, 3.8) is 0 Å². The molecule has 3 rings (SSSR count). The molecule has 1 heterocycles. The Kier molecular flexibility index (Phi) is 5.79. The van der Waals surface area contributed by atoms with E-state index in [1.54, 1.807) is 49.1 Å². The largest absolute Gasteiger partial charge is 0.494 e. The van der Waals surface area contributed by atoms with Crippen molar-refractivity contribution in [1.29, 1.82) is 0 Å². The quantitative estimate of drug-likeness (QED) is 0.693. The maximum Gasteiger partial charge on any atom is 0.335 e.